The van der Waals surface area contributed by atoms with Crippen LogP contribution in [0.25, 0.3) is 10.8 Å². The summed E-state index contributed by atoms with van der Waals surface area (Å²) in [5.74, 6) is 0.845. The summed E-state index contributed by atoms with van der Waals surface area (Å²) in [6.07, 6.45) is 4.94. The fourth-order valence-electron chi connectivity index (χ4n) is 2.86. The number of hydrogen-bond acceptors (Lipinski definition) is 3. The van der Waals surface area contributed by atoms with Gasteiger partial charge in [-0.1, -0.05) is 49.4 Å². The Kier molecular flexibility index (Phi) is 9.00. The number of fused-ring (bicyclic) bond motifs is 1. The van der Waals surface area contributed by atoms with E-state index in [1.54, 1.807) is 11.3 Å². The highest BCUT2D eigenvalue weighted by atomic mass is 127. The van der Waals surface area contributed by atoms with Crippen molar-refractivity contribution in [1.82, 2.24) is 15.6 Å². The van der Waals surface area contributed by atoms with Crippen LogP contribution < -0.4 is 10.6 Å². The van der Waals surface area contributed by atoms with Gasteiger partial charge in [-0.25, -0.2) is 4.98 Å². The molecule has 0 fully saturated rings. The van der Waals surface area contributed by atoms with E-state index in [0.29, 0.717) is 0 Å². The van der Waals surface area contributed by atoms with Gasteiger partial charge in [0.1, 0.15) is 0 Å². The van der Waals surface area contributed by atoms with Gasteiger partial charge in [0.05, 0.1) is 5.01 Å². The molecule has 3 aromatic rings. The molecule has 0 saturated carbocycles. The second-order valence-electron chi connectivity index (χ2n) is 6.18. The van der Waals surface area contributed by atoms with E-state index in [9.17, 15) is 0 Å². The number of aryl methyl sites for hydroxylation is 1. The lowest BCUT2D eigenvalue weighted by Gasteiger charge is -2.11. The van der Waals surface area contributed by atoms with Crippen LogP contribution in [0.3, 0.4) is 0 Å². The van der Waals surface area contributed by atoms with Gasteiger partial charge >= 0.3 is 0 Å². The Balaban J connectivity index is 0.00000261. The van der Waals surface area contributed by atoms with Crippen molar-refractivity contribution in [2.24, 2.45) is 4.99 Å². The third kappa shape index (κ3) is 6.46. The molecule has 1 heterocycles. The van der Waals surface area contributed by atoms with E-state index in [-0.39, 0.29) is 24.0 Å². The number of guanidine groups is 1. The van der Waals surface area contributed by atoms with Crippen molar-refractivity contribution in [3.63, 3.8) is 0 Å². The molecule has 3 rings (SSSR count). The number of nitrogens with zero attached hydrogens (tertiary/aromatic N) is 2. The maximum absolute atomic E-state index is 4.45. The number of benzene rings is 2. The third-order valence-electron chi connectivity index (χ3n) is 4.32. The van der Waals surface area contributed by atoms with Crippen molar-refractivity contribution in [3.05, 3.63) is 64.1 Å². The Morgan fingerprint density at radius 3 is 2.48 bits per heavy atom. The quantitative estimate of drug-likeness (QED) is 0.290. The Morgan fingerprint density at radius 1 is 1.04 bits per heavy atom. The van der Waals surface area contributed by atoms with Gasteiger partial charge in [0.2, 0.25) is 0 Å². The molecule has 144 valence electrons. The minimum absolute atomic E-state index is 0. The molecule has 2 N–H and O–H groups in total. The zero-order chi connectivity index (χ0) is 18.2. The number of nitrogens with one attached hydrogen (secondary N) is 2. The monoisotopic (exact) mass is 494 g/mol. The molecule has 0 unspecified atom stereocenters. The highest BCUT2D eigenvalue weighted by molar-refractivity contribution is 14.0. The van der Waals surface area contributed by atoms with E-state index in [0.717, 1.165) is 38.3 Å². The van der Waals surface area contributed by atoms with Gasteiger partial charge < -0.3 is 10.6 Å². The van der Waals surface area contributed by atoms with Crippen molar-refractivity contribution < 1.29 is 0 Å². The molecule has 0 saturated heterocycles. The lowest BCUT2D eigenvalue weighted by atomic mass is 10.1. The first-order valence-electron chi connectivity index (χ1n) is 9.14. The summed E-state index contributed by atoms with van der Waals surface area (Å²) >= 11 is 1.80. The highest BCUT2D eigenvalue weighted by Crippen LogP contribution is 2.16. The largest absolute Gasteiger partial charge is 0.356 e. The number of thiazole rings is 1. The van der Waals surface area contributed by atoms with Crippen LogP contribution in [0.4, 0.5) is 0 Å². The number of aliphatic imine (C=N–C) groups is 1. The van der Waals surface area contributed by atoms with E-state index >= 15 is 0 Å². The first-order chi connectivity index (χ1) is 12.8. The minimum Gasteiger partial charge on any atom is -0.356 e. The molecule has 0 aliphatic carbocycles. The van der Waals surface area contributed by atoms with E-state index in [4.69, 9.17) is 0 Å². The van der Waals surface area contributed by atoms with Crippen LogP contribution in [0, 0.1) is 0 Å². The Morgan fingerprint density at radius 2 is 1.78 bits per heavy atom. The van der Waals surface area contributed by atoms with Gasteiger partial charge in [-0.2, -0.15) is 0 Å². The van der Waals surface area contributed by atoms with Gasteiger partial charge in [-0.05, 0) is 29.2 Å². The topological polar surface area (TPSA) is 49.3 Å². The summed E-state index contributed by atoms with van der Waals surface area (Å²) in [5, 5.41) is 10.5. The van der Waals surface area contributed by atoms with E-state index in [2.05, 4.69) is 70.0 Å². The molecule has 2 aromatic carbocycles. The van der Waals surface area contributed by atoms with Crippen molar-refractivity contribution in [2.75, 3.05) is 20.1 Å². The molecule has 0 spiro atoms. The zero-order valence-corrected chi connectivity index (χ0v) is 19.0. The van der Waals surface area contributed by atoms with Crippen molar-refractivity contribution in [2.45, 2.75) is 26.2 Å². The minimum atomic E-state index is 0. The molecule has 27 heavy (non-hydrogen) atoms. The van der Waals surface area contributed by atoms with Crippen molar-refractivity contribution in [3.8, 4) is 0 Å². The Labute approximate surface area is 182 Å². The number of aromatic nitrogens is 1. The first-order valence-corrected chi connectivity index (χ1v) is 9.96. The summed E-state index contributed by atoms with van der Waals surface area (Å²) in [5.41, 5.74) is 1.33. The summed E-state index contributed by atoms with van der Waals surface area (Å²) in [4.78, 5) is 10.1. The molecule has 4 nitrogen and oxygen atoms in total. The molecule has 0 aliphatic rings. The number of rotatable bonds is 7. The summed E-state index contributed by atoms with van der Waals surface area (Å²) in [6.45, 7) is 3.86. The summed E-state index contributed by atoms with van der Waals surface area (Å²) < 4.78 is 0. The maximum Gasteiger partial charge on any atom is 0.191 e. The highest BCUT2D eigenvalue weighted by Gasteiger charge is 2.02. The fourth-order valence-corrected chi connectivity index (χ4v) is 3.72. The lowest BCUT2D eigenvalue weighted by molar-refractivity contribution is 0.782. The van der Waals surface area contributed by atoms with Gasteiger partial charge in [-0.15, -0.1) is 35.3 Å². The molecule has 0 bridgehead atoms. The van der Waals surface area contributed by atoms with Gasteiger partial charge in [0, 0.05) is 37.6 Å². The lowest BCUT2D eigenvalue weighted by Crippen LogP contribution is -2.39. The average molecular weight is 494 g/mol. The van der Waals surface area contributed by atoms with Crippen LogP contribution in [0.2, 0.25) is 0 Å². The molecule has 6 heteroatoms. The summed E-state index contributed by atoms with van der Waals surface area (Å²) in [6, 6.07) is 15.1. The van der Waals surface area contributed by atoms with Gasteiger partial charge in [-0.3, -0.25) is 4.99 Å². The predicted molar refractivity (Wildman–Crippen MR) is 128 cm³/mol. The van der Waals surface area contributed by atoms with Crippen LogP contribution in [0.1, 0.15) is 22.4 Å². The number of hydrogen-bond donors (Lipinski definition) is 2. The first kappa shape index (κ1) is 21.6. The van der Waals surface area contributed by atoms with Crippen molar-refractivity contribution >= 4 is 52.0 Å². The van der Waals surface area contributed by atoms with Crippen LogP contribution in [0.15, 0.2) is 53.7 Å². The Hall–Kier alpha value is -1.67. The van der Waals surface area contributed by atoms with E-state index in [1.807, 2.05) is 13.2 Å². The molecule has 0 amide bonds. The van der Waals surface area contributed by atoms with Gasteiger partial charge in [0.15, 0.2) is 5.96 Å². The second kappa shape index (κ2) is 11.2. The number of halogens is 1. The molecule has 0 radical (unpaired) electrons. The normalized spacial score (nSPS) is 11.3. The molecule has 0 aliphatic heterocycles. The van der Waals surface area contributed by atoms with Gasteiger partial charge in [0.25, 0.3) is 0 Å². The average Bonchev–Trinajstić information content (AvgIpc) is 3.14. The molecular weight excluding hydrogens is 467 g/mol. The second-order valence-corrected chi connectivity index (χ2v) is 7.38. The molecular formula is C21H27IN4S. The SMILES string of the molecule is CCc1cnc(CCNC(=NC)NCCc2ccc3ccccc3c2)s1.I. The summed E-state index contributed by atoms with van der Waals surface area (Å²) in [7, 11) is 1.81. The fraction of sp³-hybridized carbons (Fsp3) is 0.333. The van der Waals surface area contributed by atoms with Crippen LogP contribution in [-0.4, -0.2) is 31.1 Å². The van der Waals surface area contributed by atoms with E-state index in [1.165, 1.54) is 26.2 Å². The smallest absolute Gasteiger partial charge is 0.191 e. The van der Waals surface area contributed by atoms with Crippen LogP contribution in [0.5, 0.6) is 0 Å². The standard InChI is InChI=1S/C21H26N4S.HI/c1-3-19-15-25-20(26-19)11-13-24-21(22-2)23-12-10-16-8-9-17-6-4-5-7-18(17)14-16;/h4-9,14-15H,3,10-13H2,1-2H3,(H2,22,23,24);1H. The molecule has 0 atom stereocenters. The maximum atomic E-state index is 4.45. The van der Waals surface area contributed by atoms with E-state index < -0.39 is 0 Å². The van der Waals surface area contributed by atoms with Crippen molar-refractivity contribution in [1.29, 1.82) is 0 Å². The Bertz CT molecular complexity index is 875. The molecule has 1 aromatic heterocycles. The predicted octanol–water partition coefficient (Wildman–Crippen LogP) is 4.43. The van der Waals surface area contributed by atoms with Crippen LogP contribution in [-0.2, 0) is 19.3 Å². The third-order valence-corrected chi connectivity index (χ3v) is 5.53. The van der Waals surface area contributed by atoms with Crippen LogP contribution >= 0.6 is 35.3 Å². The zero-order valence-electron chi connectivity index (χ0n) is 15.9.